The Morgan fingerprint density at radius 3 is 2.62 bits per heavy atom. The quantitative estimate of drug-likeness (QED) is 0.674. The van der Waals surface area contributed by atoms with Gasteiger partial charge in [-0.25, -0.2) is 0 Å². The molecule has 1 aromatic rings. The monoisotopic (exact) mass is 356 g/mol. The van der Waals surface area contributed by atoms with Crippen LogP contribution in [-0.2, 0) is 16.1 Å². The molecule has 0 bridgehead atoms. The molecule has 1 aromatic carbocycles. The first-order valence-electron chi connectivity index (χ1n) is 9.90. The van der Waals surface area contributed by atoms with Gasteiger partial charge in [0.25, 0.3) is 0 Å². The summed E-state index contributed by atoms with van der Waals surface area (Å²) in [6, 6.07) is 9.40. The number of carbonyl (C=O) groups is 2. The topological polar surface area (TPSA) is 49.4 Å². The minimum Gasteiger partial charge on any atom is -0.354 e. The summed E-state index contributed by atoms with van der Waals surface area (Å²) in [7, 11) is 0. The SMILES string of the molecule is CCCC(=O)N(Cc1ccccc1)[C@@H](C)C(=O)NCCC1=CCCCC1. The van der Waals surface area contributed by atoms with Crippen LogP contribution in [0.15, 0.2) is 42.0 Å². The van der Waals surface area contributed by atoms with E-state index in [-0.39, 0.29) is 11.8 Å². The molecule has 26 heavy (non-hydrogen) atoms. The lowest BCUT2D eigenvalue weighted by Gasteiger charge is -2.29. The predicted molar refractivity (Wildman–Crippen MR) is 106 cm³/mol. The average Bonchev–Trinajstić information content (AvgIpc) is 2.67. The van der Waals surface area contributed by atoms with Crippen molar-refractivity contribution in [2.75, 3.05) is 6.54 Å². The molecule has 2 amide bonds. The van der Waals surface area contributed by atoms with Crippen molar-refractivity contribution in [3.8, 4) is 0 Å². The first-order valence-corrected chi connectivity index (χ1v) is 9.90. The van der Waals surface area contributed by atoms with Crippen molar-refractivity contribution >= 4 is 11.8 Å². The molecule has 2 rings (SSSR count). The summed E-state index contributed by atoms with van der Waals surface area (Å²) < 4.78 is 0. The highest BCUT2D eigenvalue weighted by molar-refractivity contribution is 5.87. The van der Waals surface area contributed by atoms with Crippen LogP contribution in [0.2, 0.25) is 0 Å². The van der Waals surface area contributed by atoms with Crippen LogP contribution in [0.5, 0.6) is 0 Å². The highest BCUT2D eigenvalue weighted by Crippen LogP contribution is 2.19. The number of hydrogen-bond acceptors (Lipinski definition) is 2. The fraction of sp³-hybridized carbons (Fsp3) is 0.545. The van der Waals surface area contributed by atoms with Gasteiger partial charge in [-0.1, -0.05) is 48.9 Å². The van der Waals surface area contributed by atoms with E-state index in [0.717, 1.165) is 31.2 Å². The Balaban J connectivity index is 1.92. The molecule has 1 atom stereocenters. The number of nitrogens with zero attached hydrogens (tertiary/aromatic N) is 1. The van der Waals surface area contributed by atoms with Gasteiger partial charge in [0, 0.05) is 19.5 Å². The molecule has 0 saturated heterocycles. The molecular formula is C22H32N2O2. The van der Waals surface area contributed by atoms with Gasteiger partial charge in [-0.05, 0) is 51.0 Å². The standard InChI is InChI=1S/C22H32N2O2/c1-3-10-21(25)24(17-20-13-8-5-9-14-20)18(2)22(26)23-16-15-19-11-6-4-7-12-19/h5,8-9,11,13-14,18H,3-4,6-7,10,12,15-17H2,1-2H3,(H,23,26)/t18-/m0/s1. The maximum Gasteiger partial charge on any atom is 0.242 e. The minimum atomic E-state index is -0.463. The average molecular weight is 357 g/mol. The summed E-state index contributed by atoms with van der Waals surface area (Å²) in [5, 5.41) is 3.02. The molecule has 1 aliphatic carbocycles. The van der Waals surface area contributed by atoms with Gasteiger partial charge in [0.05, 0.1) is 0 Å². The second-order valence-electron chi connectivity index (χ2n) is 7.08. The van der Waals surface area contributed by atoms with Crippen molar-refractivity contribution in [2.45, 2.75) is 71.4 Å². The molecule has 0 radical (unpaired) electrons. The molecule has 1 N–H and O–H groups in total. The largest absolute Gasteiger partial charge is 0.354 e. The third kappa shape index (κ3) is 6.32. The van der Waals surface area contributed by atoms with Crippen LogP contribution in [0, 0.1) is 0 Å². The number of allylic oxidation sites excluding steroid dienone is 1. The second kappa shape index (κ2) is 10.8. The molecule has 1 aliphatic rings. The number of carbonyl (C=O) groups excluding carboxylic acids is 2. The third-order valence-electron chi connectivity index (χ3n) is 4.96. The summed E-state index contributed by atoms with van der Waals surface area (Å²) in [6.45, 7) is 4.93. The lowest BCUT2D eigenvalue weighted by molar-refractivity contribution is -0.140. The van der Waals surface area contributed by atoms with Crippen molar-refractivity contribution in [3.63, 3.8) is 0 Å². The molecule has 0 fully saturated rings. The lowest BCUT2D eigenvalue weighted by Crippen LogP contribution is -2.47. The summed E-state index contributed by atoms with van der Waals surface area (Å²) >= 11 is 0. The molecule has 0 aromatic heterocycles. The number of benzene rings is 1. The summed E-state index contributed by atoms with van der Waals surface area (Å²) in [6.07, 6.45) is 9.33. The molecule has 0 unspecified atom stereocenters. The van der Waals surface area contributed by atoms with E-state index in [4.69, 9.17) is 0 Å². The van der Waals surface area contributed by atoms with Gasteiger partial charge >= 0.3 is 0 Å². The zero-order chi connectivity index (χ0) is 18.8. The fourth-order valence-electron chi connectivity index (χ4n) is 3.35. The van der Waals surface area contributed by atoms with Gasteiger partial charge in [0.2, 0.25) is 11.8 Å². The van der Waals surface area contributed by atoms with Crippen molar-refractivity contribution in [1.29, 1.82) is 0 Å². The number of nitrogens with one attached hydrogen (secondary N) is 1. The lowest BCUT2D eigenvalue weighted by atomic mass is 9.97. The molecule has 0 saturated carbocycles. The van der Waals surface area contributed by atoms with E-state index < -0.39 is 6.04 Å². The van der Waals surface area contributed by atoms with E-state index in [9.17, 15) is 9.59 Å². The summed E-state index contributed by atoms with van der Waals surface area (Å²) in [5.74, 6) is -0.0317. The Morgan fingerprint density at radius 1 is 1.19 bits per heavy atom. The van der Waals surface area contributed by atoms with Crippen molar-refractivity contribution in [1.82, 2.24) is 10.2 Å². The highest BCUT2D eigenvalue weighted by Gasteiger charge is 2.25. The van der Waals surface area contributed by atoms with Gasteiger partial charge in [-0.15, -0.1) is 0 Å². The number of hydrogen-bond donors (Lipinski definition) is 1. The van der Waals surface area contributed by atoms with E-state index in [1.54, 1.807) is 4.90 Å². The van der Waals surface area contributed by atoms with E-state index >= 15 is 0 Å². The van der Waals surface area contributed by atoms with Crippen LogP contribution >= 0.6 is 0 Å². The molecule has 4 nitrogen and oxygen atoms in total. The van der Waals surface area contributed by atoms with Crippen LogP contribution in [0.3, 0.4) is 0 Å². The molecule has 142 valence electrons. The number of rotatable bonds is 9. The first kappa shape index (κ1) is 20.2. The van der Waals surface area contributed by atoms with Crippen LogP contribution in [0.4, 0.5) is 0 Å². The fourth-order valence-corrected chi connectivity index (χ4v) is 3.35. The molecule has 4 heteroatoms. The Morgan fingerprint density at radius 2 is 1.96 bits per heavy atom. The second-order valence-corrected chi connectivity index (χ2v) is 7.08. The van der Waals surface area contributed by atoms with Gasteiger partial charge in [-0.3, -0.25) is 9.59 Å². The molecule has 0 spiro atoms. The third-order valence-corrected chi connectivity index (χ3v) is 4.96. The van der Waals surface area contributed by atoms with Crippen molar-refractivity contribution in [3.05, 3.63) is 47.5 Å². The zero-order valence-corrected chi connectivity index (χ0v) is 16.2. The van der Waals surface area contributed by atoms with Gasteiger partial charge < -0.3 is 10.2 Å². The van der Waals surface area contributed by atoms with Crippen molar-refractivity contribution < 1.29 is 9.59 Å². The summed E-state index contributed by atoms with van der Waals surface area (Å²) in [4.78, 5) is 26.9. The Labute approximate surface area is 157 Å². The zero-order valence-electron chi connectivity index (χ0n) is 16.2. The highest BCUT2D eigenvalue weighted by atomic mass is 16.2. The van der Waals surface area contributed by atoms with Gasteiger partial charge in [0.1, 0.15) is 6.04 Å². The molecular weight excluding hydrogens is 324 g/mol. The van der Waals surface area contributed by atoms with Crippen LogP contribution < -0.4 is 5.32 Å². The van der Waals surface area contributed by atoms with Gasteiger partial charge in [-0.2, -0.15) is 0 Å². The maximum absolute atomic E-state index is 12.6. The van der Waals surface area contributed by atoms with E-state index in [2.05, 4.69) is 11.4 Å². The van der Waals surface area contributed by atoms with E-state index in [1.165, 1.54) is 18.4 Å². The Bertz CT molecular complexity index is 610. The van der Waals surface area contributed by atoms with Gasteiger partial charge in [0.15, 0.2) is 0 Å². The molecule has 0 aliphatic heterocycles. The Kier molecular flexibility index (Phi) is 8.39. The van der Waals surface area contributed by atoms with Crippen molar-refractivity contribution in [2.24, 2.45) is 0 Å². The Hall–Kier alpha value is -2.10. The van der Waals surface area contributed by atoms with Crippen LogP contribution in [-0.4, -0.2) is 29.3 Å². The molecule has 0 heterocycles. The predicted octanol–water partition coefficient (Wildman–Crippen LogP) is 4.21. The summed E-state index contributed by atoms with van der Waals surface area (Å²) in [5.41, 5.74) is 2.50. The van der Waals surface area contributed by atoms with Crippen LogP contribution in [0.1, 0.15) is 64.4 Å². The van der Waals surface area contributed by atoms with E-state index in [0.29, 0.717) is 19.5 Å². The first-order chi connectivity index (χ1) is 12.6. The van der Waals surface area contributed by atoms with E-state index in [1.807, 2.05) is 44.2 Å². The smallest absolute Gasteiger partial charge is 0.242 e. The van der Waals surface area contributed by atoms with Crippen LogP contribution in [0.25, 0.3) is 0 Å². The normalized spacial score (nSPS) is 15.1. The minimum absolute atomic E-state index is 0.0361. The maximum atomic E-state index is 12.6. The number of amides is 2.